The highest BCUT2D eigenvalue weighted by Crippen LogP contribution is 2.14. The third-order valence-corrected chi connectivity index (χ3v) is 5.33. The molecule has 1 saturated heterocycles. The maximum Gasteiger partial charge on any atom is 0.324 e. The van der Waals surface area contributed by atoms with Crippen molar-refractivity contribution < 1.29 is 14.4 Å². The third kappa shape index (κ3) is 3.82. The number of aromatic nitrogens is 3. The summed E-state index contributed by atoms with van der Waals surface area (Å²) in [7, 11) is 1.44. The van der Waals surface area contributed by atoms with E-state index in [2.05, 4.69) is 10.1 Å². The van der Waals surface area contributed by atoms with E-state index in [4.69, 9.17) is 17.0 Å². The molecule has 2 atom stereocenters. The average Bonchev–Trinajstić information content (AvgIpc) is 2.96. The quantitative estimate of drug-likeness (QED) is 0.628. The molecule has 1 aromatic heterocycles. The van der Waals surface area contributed by atoms with Crippen molar-refractivity contribution >= 4 is 29.9 Å². The van der Waals surface area contributed by atoms with Gasteiger partial charge in [0.25, 0.3) is 0 Å². The van der Waals surface area contributed by atoms with Crippen LogP contribution in [0.4, 0.5) is 0 Å². The molecule has 0 bridgehead atoms. The number of nitrogens with one attached hydrogen (secondary N) is 2. The van der Waals surface area contributed by atoms with Crippen LogP contribution in [0.3, 0.4) is 0 Å². The van der Waals surface area contributed by atoms with Gasteiger partial charge < -0.3 is 9.64 Å². The molecule has 1 fully saturated rings. The number of methoxy groups -OCH3 is 1. The molecule has 2 N–H and O–H groups in total. The van der Waals surface area contributed by atoms with E-state index in [1.54, 1.807) is 11.8 Å². The molecule has 23 heavy (non-hydrogen) atoms. The van der Waals surface area contributed by atoms with Crippen molar-refractivity contribution in [2.24, 2.45) is 0 Å². The molecule has 122 valence electrons. The van der Waals surface area contributed by atoms with Crippen LogP contribution in [-0.2, 0) is 16.2 Å². The second-order valence-corrected chi connectivity index (χ2v) is 7.07. The van der Waals surface area contributed by atoms with Crippen LogP contribution in [-0.4, -0.2) is 51.9 Å². The van der Waals surface area contributed by atoms with Crippen LogP contribution >= 0.6 is 24.0 Å². The van der Waals surface area contributed by atoms with Gasteiger partial charge in [0, 0.05) is 11.3 Å². The Balaban J connectivity index is 1.72. The van der Waals surface area contributed by atoms with E-state index in [0.717, 1.165) is 30.2 Å². The van der Waals surface area contributed by atoms with E-state index < -0.39 is 0 Å². The number of H-pyrrole nitrogens is 1. The first-order valence-corrected chi connectivity index (χ1v) is 8.88. The van der Waals surface area contributed by atoms with E-state index in [1.807, 2.05) is 35.0 Å². The fourth-order valence-corrected chi connectivity index (χ4v) is 4.09. The van der Waals surface area contributed by atoms with E-state index in [-0.39, 0.29) is 11.2 Å². The summed E-state index contributed by atoms with van der Waals surface area (Å²) < 4.78 is 7.26. The zero-order chi connectivity index (χ0) is 16.2. The first-order valence-electron chi connectivity index (χ1n) is 7.42. The first kappa shape index (κ1) is 16.2. The van der Waals surface area contributed by atoms with Crippen LogP contribution in [0.2, 0.25) is 0 Å². The maximum absolute atomic E-state index is 11.7. The minimum absolute atomic E-state index is 0.102. The van der Waals surface area contributed by atoms with Crippen molar-refractivity contribution in [1.29, 1.82) is 0 Å². The van der Waals surface area contributed by atoms with Crippen LogP contribution < -0.4 is 4.90 Å². The lowest BCUT2D eigenvalue weighted by atomic mass is 10.2. The fourth-order valence-electron chi connectivity index (χ4n) is 2.61. The third-order valence-electron chi connectivity index (χ3n) is 3.82. The van der Waals surface area contributed by atoms with Gasteiger partial charge in [0.2, 0.25) is 4.77 Å². The number of nitrogens with zero attached hydrogens (tertiary/aromatic N) is 2. The number of ether oxygens (including phenoxy) is 1. The van der Waals surface area contributed by atoms with Crippen LogP contribution in [0.15, 0.2) is 30.3 Å². The molecule has 0 radical (unpaired) electrons. The molecule has 6 nitrogen and oxygen atoms in total. The Bertz CT molecular complexity index is 729. The summed E-state index contributed by atoms with van der Waals surface area (Å²) >= 11 is 7.02. The van der Waals surface area contributed by atoms with Crippen molar-refractivity contribution in [3.8, 4) is 11.4 Å². The molecule has 3 rings (SSSR count). The van der Waals surface area contributed by atoms with Gasteiger partial charge in [-0.1, -0.05) is 30.3 Å². The summed E-state index contributed by atoms with van der Waals surface area (Å²) in [5.41, 5.74) is 1.01. The number of thioether (sulfide) groups is 1. The monoisotopic (exact) mass is 351 g/mol. The first-order chi connectivity index (χ1) is 11.2. The predicted octanol–water partition coefficient (Wildman–Crippen LogP) is 0.738. The Morgan fingerprint density at radius 1 is 1.52 bits per heavy atom. The number of carbonyl (C=O) groups is 1. The summed E-state index contributed by atoms with van der Waals surface area (Å²) in [5, 5.41) is 3.16. The summed E-state index contributed by atoms with van der Waals surface area (Å²) in [6, 6.07) is 9.90. The molecular formula is C15H19N4O2S2+. The SMILES string of the molecule is COC(=O)[C@@H]1C[NH+](Cn2[nH]c(-c3ccccc3)nc2=S)CCS1. The van der Waals surface area contributed by atoms with Crippen LogP contribution in [0.25, 0.3) is 11.4 Å². The zero-order valence-electron chi connectivity index (χ0n) is 12.8. The van der Waals surface area contributed by atoms with Gasteiger partial charge in [-0.3, -0.25) is 9.89 Å². The molecule has 1 aliphatic heterocycles. The lowest BCUT2D eigenvalue weighted by molar-refractivity contribution is -0.921. The van der Waals surface area contributed by atoms with Crippen molar-refractivity contribution in [3.63, 3.8) is 0 Å². The van der Waals surface area contributed by atoms with Crippen molar-refractivity contribution in [1.82, 2.24) is 14.8 Å². The number of aromatic amines is 1. The standard InChI is InChI=1S/C15H18N4O2S2/c1-21-14(20)12-9-18(7-8-23-12)10-19-15(22)16-13(17-19)11-5-3-2-4-6-11/h2-6,12H,7-10H2,1H3,(H,16,17,22)/p+1/t12-/m0/s1. The minimum Gasteiger partial charge on any atom is -0.468 e. The topological polar surface area (TPSA) is 64.3 Å². The van der Waals surface area contributed by atoms with E-state index in [1.165, 1.54) is 12.0 Å². The number of carbonyl (C=O) groups excluding carboxylic acids is 1. The Morgan fingerprint density at radius 3 is 3.04 bits per heavy atom. The number of esters is 1. The van der Waals surface area contributed by atoms with E-state index in [9.17, 15) is 4.79 Å². The normalized spacial score (nSPS) is 21.1. The highest BCUT2D eigenvalue weighted by molar-refractivity contribution is 8.00. The van der Waals surface area contributed by atoms with Crippen LogP contribution in [0.5, 0.6) is 0 Å². The summed E-state index contributed by atoms with van der Waals surface area (Å²) in [6.45, 7) is 2.39. The molecule has 0 amide bonds. The molecule has 0 aliphatic carbocycles. The van der Waals surface area contributed by atoms with Gasteiger partial charge in [-0.15, -0.1) is 11.8 Å². The molecule has 2 heterocycles. The summed E-state index contributed by atoms with van der Waals surface area (Å²) in [5.74, 6) is 1.55. The van der Waals surface area contributed by atoms with Crippen molar-refractivity contribution in [2.45, 2.75) is 11.9 Å². The summed E-state index contributed by atoms with van der Waals surface area (Å²) in [6.07, 6.45) is 0. The largest absolute Gasteiger partial charge is 0.468 e. The van der Waals surface area contributed by atoms with Crippen LogP contribution in [0.1, 0.15) is 0 Å². The zero-order valence-corrected chi connectivity index (χ0v) is 14.5. The number of benzene rings is 1. The average molecular weight is 351 g/mol. The van der Waals surface area contributed by atoms with Gasteiger partial charge >= 0.3 is 5.97 Å². The van der Waals surface area contributed by atoms with E-state index in [0.29, 0.717) is 11.4 Å². The second-order valence-electron chi connectivity index (χ2n) is 5.39. The Morgan fingerprint density at radius 2 is 2.30 bits per heavy atom. The smallest absolute Gasteiger partial charge is 0.324 e. The number of rotatable bonds is 4. The number of hydrogen-bond donors (Lipinski definition) is 2. The Hall–Kier alpha value is -1.64. The van der Waals surface area contributed by atoms with Crippen molar-refractivity contribution in [2.75, 3.05) is 26.0 Å². The van der Waals surface area contributed by atoms with Gasteiger partial charge in [-0.2, -0.15) is 4.98 Å². The van der Waals surface area contributed by atoms with Gasteiger partial charge in [0.15, 0.2) is 17.7 Å². The lowest BCUT2D eigenvalue weighted by Crippen LogP contribution is -3.14. The highest BCUT2D eigenvalue weighted by Gasteiger charge is 2.30. The minimum atomic E-state index is -0.148. The maximum atomic E-state index is 11.7. The highest BCUT2D eigenvalue weighted by atomic mass is 32.2. The number of hydrogen-bond acceptors (Lipinski definition) is 5. The second kappa shape index (κ2) is 7.29. The molecule has 1 aliphatic rings. The van der Waals surface area contributed by atoms with Gasteiger partial charge in [-0.25, -0.2) is 4.68 Å². The molecule has 8 heteroatoms. The fraction of sp³-hybridized carbons (Fsp3) is 0.400. The molecule has 0 spiro atoms. The Kier molecular flexibility index (Phi) is 5.14. The van der Waals surface area contributed by atoms with Gasteiger partial charge in [0.05, 0.1) is 13.7 Å². The van der Waals surface area contributed by atoms with Crippen LogP contribution in [0, 0.1) is 4.77 Å². The molecule has 2 aromatic rings. The molecule has 0 saturated carbocycles. The van der Waals surface area contributed by atoms with E-state index >= 15 is 0 Å². The predicted molar refractivity (Wildman–Crippen MR) is 91.8 cm³/mol. The lowest BCUT2D eigenvalue weighted by Gasteiger charge is -2.27. The molecule has 1 aromatic carbocycles. The Labute approximate surface area is 143 Å². The van der Waals surface area contributed by atoms with Gasteiger partial charge in [-0.05, 0) is 12.2 Å². The van der Waals surface area contributed by atoms with Gasteiger partial charge in [0.1, 0.15) is 6.54 Å². The molecule has 1 unspecified atom stereocenters. The van der Waals surface area contributed by atoms with Crippen molar-refractivity contribution in [3.05, 3.63) is 35.1 Å². The summed E-state index contributed by atoms with van der Waals surface area (Å²) in [4.78, 5) is 17.4. The molecular weight excluding hydrogens is 332 g/mol. The number of quaternary nitrogens is 1.